The van der Waals surface area contributed by atoms with E-state index in [2.05, 4.69) is 17.1 Å². The van der Waals surface area contributed by atoms with Gasteiger partial charge in [0.25, 0.3) is 0 Å². The minimum absolute atomic E-state index is 0.00387. The number of carbonyl (C=O) groups excluding carboxylic acids is 1. The fraction of sp³-hybridized carbons (Fsp3) is 0.529. The lowest BCUT2D eigenvalue weighted by atomic mass is 9.96. The standard InChI is InChI=1S/C17H24N2O4/c1-13-9-15(11-19(10-13)8-7-16(20)21)18-17(22)23-12-14-5-3-2-4-6-14/h2-6,13,15H,7-12H2,1H3,(H,18,22)(H,20,21). The van der Waals surface area contributed by atoms with Gasteiger partial charge < -0.3 is 20.1 Å². The highest BCUT2D eigenvalue weighted by Crippen LogP contribution is 2.16. The van der Waals surface area contributed by atoms with E-state index in [9.17, 15) is 9.59 Å². The Labute approximate surface area is 136 Å². The molecule has 1 aliphatic rings. The molecule has 126 valence electrons. The van der Waals surface area contributed by atoms with Crippen molar-refractivity contribution >= 4 is 12.1 Å². The smallest absolute Gasteiger partial charge is 0.407 e. The highest BCUT2D eigenvalue weighted by Gasteiger charge is 2.26. The summed E-state index contributed by atoms with van der Waals surface area (Å²) in [5.74, 6) is -0.382. The summed E-state index contributed by atoms with van der Waals surface area (Å²) in [5.41, 5.74) is 0.947. The molecular formula is C17H24N2O4. The van der Waals surface area contributed by atoms with Gasteiger partial charge in [-0.3, -0.25) is 4.79 Å². The van der Waals surface area contributed by atoms with Crippen molar-refractivity contribution in [2.24, 2.45) is 5.92 Å². The van der Waals surface area contributed by atoms with Gasteiger partial charge in [-0.2, -0.15) is 0 Å². The number of benzene rings is 1. The van der Waals surface area contributed by atoms with Crippen molar-refractivity contribution in [3.05, 3.63) is 35.9 Å². The lowest BCUT2D eigenvalue weighted by Crippen LogP contribution is -2.50. The molecule has 0 saturated carbocycles. The molecule has 2 unspecified atom stereocenters. The number of rotatable bonds is 6. The number of hydrogen-bond donors (Lipinski definition) is 2. The number of piperidine rings is 1. The third-order valence-corrected chi connectivity index (χ3v) is 3.91. The third-order valence-electron chi connectivity index (χ3n) is 3.91. The fourth-order valence-corrected chi connectivity index (χ4v) is 2.93. The van der Waals surface area contributed by atoms with Crippen LogP contribution in [0.2, 0.25) is 0 Å². The van der Waals surface area contributed by atoms with E-state index < -0.39 is 12.1 Å². The molecule has 1 saturated heterocycles. The second-order valence-corrected chi connectivity index (χ2v) is 6.15. The van der Waals surface area contributed by atoms with E-state index in [0.29, 0.717) is 19.0 Å². The Morgan fingerprint density at radius 3 is 2.74 bits per heavy atom. The molecule has 0 aliphatic carbocycles. The van der Waals surface area contributed by atoms with Crippen LogP contribution < -0.4 is 5.32 Å². The van der Waals surface area contributed by atoms with Crippen LogP contribution in [0.15, 0.2) is 30.3 Å². The Balaban J connectivity index is 1.76. The molecule has 2 N–H and O–H groups in total. The predicted molar refractivity (Wildman–Crippen MR) is 86.0 cm³/mol. The van der Waals surface area contributed by atoms with E-state index in [0.717, 1.165) is 18.5 Å². The van der Waals surface area contributed by atoms with Crippen LogP contribution in [-0.2, 0) is 16.1 Å². The largest absolute Gasteiger partial charge is 0.481 e. The van der Waals surface area contributed by atoms with Crippen LogP contribution >= 0.6 is 0 Å². The van der Waals surface area contributed by atoms with Crippen molar-refractivity contribution in [2.45, 2.75) is 32.4 Å². The van der Waals surface area contributed by atoms with E-state index in [1.807, 2.05) is 30.3 Å². The summed E-state index contributed by atoms with van der Waals surface area (Å²) in [6, 6.07) is 9.53. The second kappa shape index (κ2) is 8.53. The minimum Gasteiger partial charge on any atom is -0.481 e. The number of carbonyl (C=O) groups is 2. The SMILES string of the molecule is CC1CC(NC(=O)OCc2ccccc2)CN(CCC(=O)O)C1. The molecule has 1 fully saturated rings. The monoisotopic (exact) mass is 320 g/mol. The number of nitrogens with one attached hydrogen (secondary N) is 1. The van der Waals surface area contributed by atoms with Gasteiger partial charge >= 0.3 is 12.1 Å². The summed E-state index contributed by atoms with van der Waals surface area (Å²) < 4.78 is 5.24. The number of alkyl carbamates (subject to hydrolysis) is 1. The Kier molecular flexibility index (Phi) is 6.40. The van der Waals surface area contributed by atoms with Gasteiger partial charge in [-0.15, -0.1) is 0 Å². The number of carboxylic acids is 1. The van der Waals surface area contributed by atoms with Gasteiger partial charge in [0, 0.05) is 25.7 Å². The maximum Gasteiger partial charge on any atom is 0.407 e. The van der Waals surface area contributed by atoms with Crippen LogP contribution in [0.4, 0.5) is 4.79 Å². The number of amides is 1. The van der Waals surface area contributed by atoms with Crippen LogP contribution in [0.25, 0.3) is 0 Å². The molecule has 2 rings (SSSR count). The Morgan fingerprint density at radius 1 is 1.30 bits per heavy atom. The lowest BCUT2D eigenvalue weighted by molar-refractivity contribution is -0.137. The van der Waals surface area contributed by atoms with Crippen molar-refractivity contribution in [1.29, 1.82) is 0 Å². The Hall–Kier alpha value is -2.08. The van der Waals surface area contributed by atoms with E-state index >= 15 is 0 Å². The molecule has 6 nitrogen and oxygen atoms in total. The average molecular weight is 320 g/mol. The van der Waals surface area contributed by atoms with Gasteiger partial charge in [-0.25, -0.2) is 4.79 Å². The van der Waals surface area contributed by atoms with Crippen LogP contribution in [0.3, 0.4) is 0 Å². The number of ether oxygens (including phenoxy) is 1. The van der Waals surface area contributed by atoms with E-state index in [1.165, 1.54) is 0 Å². The first-order valence-corrected chi connectivity index (χ1v) is 7.94. The molecule has 0 aromatic heterocycles. The lowest BCUT2D eigenvalue weighted by Gasteiger charge is -2.36. The summed E-state index contributed by atoms with van der Waals surface area (Å²) >= 11 is 0. The quantitative estimate of drug-likeness (QED) is 0.839. The summed E-state index contributed by atoms with van der Waals surface area (Å²) in [6.07, 6.45) is 0.577. The molecule has 6 heteroatoms. The van der Waals surface area contributed by atoms with Gasteiger partial charge in [-0.05, 0) is 17.9 Å². The normalized spacial score (nSPS) is 21.6. The zero-order valence-electron chi connectivity index (χ0n) is 13.4. The van der Waals surface area contributed by atoms with Gasteiger partial charge in [0.2, 0.25) is 0 Å². The third kappa shape index (κ3) is 6.28. The highest BCUT2D eigenvalue weighted by atomic mass is 16.5. The van der Waals surface area contributed by atoms with Crippen molar-refractivity contribution in [3.63, 3.8) is 0 Å². The van der Waals surface area contributed by atoms with Crippen LogP contribution in [0, 0.1) is 5.92 Å². The second-order valence-electron chi connectivity index (χ2n) is 6.15. The number of hydrogen-bond acceptors (Lipinski definition) is 4. The van der Waals surface area contributed by atoms with Gasteiger partial charge in [0.05, 0.1) is 6.42 Å². The van der Waals surface area contributed by atoms with E-state index in [4.69, 9.17) is 9.84 Å². The first kappa shape index (κ1) is 17.3. The molecule has 23 heavy (non-hydrogen) atoms. The summed E-state index contributed by atoms with van der Waals surface area (Å²) in [7, 11) is 0. The predicted octanol–water partition coefficient (Wildman–Crippen LogP) is 2.10. The Bertz CT molecular complexity index is 521. The molecule has 1 aromatic carbocycles. The molecule has 0 radical (unpaired) electrons. The van der Waals surface area contributed by atoms with Crippen LogP contribution in [-0.4, -0.2) is 47.7 Å². The minimum atomic E-state index is -0.796. The molecule has 1 amide bonds. The maximum atomic E-state index is 11.9. The first-order valence-electron chi connectivity index (χ1n) is 7.94. The summed E-state index contributed by atoms with van der Waals surface area (Å²) in [6.45, 7) is 4.40. The van der Waals surface area contributed by atoms with Crippen molar-refractivity contribution < 1.29 is 19.4 Å². The highest BCUT2D eigenvalue weighted by molar-refractivity contribution is 5.67. The van der Waals surface area contributed by atoms with Crippen molar-refractivity contribution in [1.82, 2.24) is 10.2 Å². The van der Waals surface area contributed by atoms with Crippen molar-refractivity contribution in [3.8, 4) is 0 Å². The van der Waals surface area contributed by atoms with Crippen LogP contribution in [0.1, 0.15) is 25.3 Å². The molecule has 1 heterocycles. The maximum absolute atomic E-state index is 11.9. The molecule has 1 aliphatic heterocycles. The molecule has 0 spiro atoms. The Morgan fingerprint density at radius 2 is 2.04 bits per heavy atom. The molecular weight excluding hydrogens is 296 g/mol. The van der Waals surface area contributed by atoms with E-state index in [-0.39, 0.29) is 19.1 Å². The van der Waals surface area contributed by atoms with Gasteiger partial charge in [0.15, 0.2) is 0 Å². The zero-order chi connectivity index (χ0) is 16.7. The van der Waals surface area contributed by atoms with Gasteiger partial charge in [-0.1, -0.05) is 37.3 Å². The summed E-state index contributed by atoms with van der Waals surface area (Å²) in [5, 5.41) is 11.7. The number of likely N-dealkylation sites (tertiary alicyclic amines) is 1. The fourth-order valence-electron chi connectivity index (χ4n) is 2.93. The number of nitrogens with zero attached hydrogens (tertiary/aromatic N) is 1. The molecule has 0 bridgehead atoms. The summed E-state index contributed by atoms with van der Waals surface area (Å²) in [4.78, 5) is 24.7. The van der Waals surface area contributed by atoms with E-state index in [1.54, 1.807) is 0 Å². The number of carboxylic acid groups (broad SMARTS) is 1. The number of aliphatic carboxylic acids is 1. The molecule has 1 aromatic rings. The first-order chi connectivity index (χ1) is 11.0. The van der Waals surface area contributed by atoms with Gasteiger partial charge in [0.1, 0.15) is 6.61 Å². The molecule has 2 atom stereocenters. The zero-order valence-corrected chi connectivity index (χ0v) is 13.4. The topological polar surface area (TPSA) is 78.9 Å². The average Bonchev–Trinajstić information content (AvgIpc) is 2.51. The van der Waals surface area contributed by atoms with Crippen molar-refractivity contribution in [2.75, 3.05) is 19.6 Å². The van der Waals surface area contributed by atoms with Crippen LogP contribution in [0.5, 0.6) is 0 Å².